The summed E-state index contributed by atoms with van der Waals surface area (Å²) in [6.07, 6.45) is -0.357. The zero-order valence-corrected chi connectivity index (χ0v) is 10.9. The highest BCUT2D eigenvalue weighted by molar-refractivity contribution is 5.96. The number of halogens is 3. The van der Waals surface area contributed by atoms with E-state index in [1.807, 2.05) is 13.8 Å². The van der Waals surface area contributed by atoms with Crippen LogP contribution in [-0.4, -0.2) is 29.8 Å². The second kappa shape index (κ2) is 4.87. The smallest absolute Gasteiger partial charge is 0.267 e. The molecule has 1 aromatic rings. The summed E-state index contributed by atoms with van der Waals surface area (Å²) in [6, 6.07) is 4.38. The van der Waals surface area contributed by atoms with E-state index < -0.39 is 24.2 Å². The van der Waals surface area contributed by atoms with Crippen molar-refractivity contribution >= 4 is 5.91 Å². The molecule has 0 aromatic heterocycles. The van der Waals surface area contributed by atoms with Gasteiger partial charge in [-0.15, -0.1) is 0 Å². The third kappa shape index (κ3) is 2.74. The van der Waals surface area contributed by atoms with Crippen molar-refractivity contribution in [2.45, 2.75) is 32.1 Å². The second-order valence-electron chi connectivity index (χ2n) is 5.19. The molecule has 1 amide bonds. The molecule has 104 valence electrons. The molecule has 0 bridgehead atoms. The monoisotopic (exact) mass is 271 g/mol. The largest absolute Gasteiger partial charge is 0.332 e. The molecule has 0 N–H and O–H groups in total. The van der Waals surface area contributed by atoms with E-state index >= 15 is 0 Å². The number of carbonyl (C=O) groups is 1. The van der Waals surface area contributed by atoms with Gasteiger partial charge in [0.1, 0.15) is 5.82 Å². The number of likely N-dealkylation sites (tertiary alicyclic amines) is 1. The maximum absolute atomic E-state index is 13.9. The molecule has 1 saturated heterocycles. The summed E-state index contributed by atoms with van der Waals surface area (Å²) >= 11 is 0. The van der Waals surface area contributed by atoms with E-state index in [0.29, 0.717) is 5.56 Å². The molecular weight excluding hydrogens is 255 g/mol. The van der Waals surface area contributed by atoms with E-state index in [9.17, 15) is 18.0 Å². The van der Waals surface area contributed by atoms with Crippen molar-refractivity contribution in [2.24, 2.45) is 0 Å². The van der Waals surface area contributed by atoms with Gasteiger partial charge < -0.3 is 4.90 Å². The van der Waals surface area contributed by atoms with Gasteiger partial charge >= 0.3 is 0 Å². The van der Waals surface area contributed by atoms with Gasteiger partial charge in [0.05, 0.1) is 12.1 Å². The molecular formula is C14H16F3NO. The minimum atomic E-state index is -2.86. The molecule has 0 saturated carbocycles. The molecule has 0 spiro atoms. The first-order valence-electron chi connectivity index (χ1n) is 6.27. The van der Waals surface area contributed by atoms with E-state index in [0.717, 1.165) is 4.90 Å². The minimum absolute atomic E-state index is 0.0301. The van der Waals surface area contributed by atoms with Gasteiger partial charge in [-0.25, -0.2) is 13.2 Å². The Morgan fingerprint density at radius 3 is 2.58 bits per heavy atom. The summed E-state index contributed by atoms with van der Waals surface area (Å²) in [6.45, 7) is 3.02. The van der Waals surface area contributed by atoms with E-state index in [2.05, 4.69) is 0 Å². The maximum atomic E-state index is 13.9. The van der Waals surface area contributed by atoms with Crippen LogP contribution in [0.15, 0.2) is 18.2 Å². The zero-order valence-electron chi connectivity index (χ0n) is 10.9. The molecule has 1 aromatic carbocycles. The number of carbonyl (C=O) groups excluding carboxylic acids is 1. The van der Waals surface area contributed by atoms with Crippen LogP contribution in [0.3, 0.4) is 0 Å². The van der Waals surface area contributed by atoms with Crippen molar-refractivity contribution < 1.29 is 18.0 Å². The molecule has 0 radical (unpaired) electrons. The molecule has 0 aliphatic carbocycles. The standard InChI is InChI=1S/C14H16F3NO/c1-9(2)10-4-3-5-11(15)12(10)13(19)18-7-6-14(16,17)8-18/h3-5,9H,6-8H2,1-2H3. The molecule has 0 atom stereocenters. The second-order valence-corrected chi connectivity index (χ2v) is 5.19. The maximum Gasteiger partial charge on any atom is 0.267 e. The number of nitrogens with zero attached hydrogens (tertiary/aromatic N) is 1. The van der Waals surface area contributed by atoms with E-state index in [1.54, 1.807) is 6.07 Å². The first-order chi connectivity index (χ1) is 8.82. The van der Waals surface area contributed by atoms with Crippen LogP contribution in [-0.2, 0) is 0 Å². The lowest BCUT2D eigenvalue weighted by atomic mass is 9.96. The van der Waals surface area contributed by atoms with Crippen LogP contribution in [0, 0.1) is 5.82 Å². The van der Waals surface area contributed by atoms with Crippen LogP contribution < -0.4 is 0 Å². The number of alkyl halides is 2. The number of rotatable bonds is 2. The van der Waals surface area contributed by atoms with Crippen LogP contribution >= 0.6 is 0 Å². The van der Waals surface area contributed by atoms with Crippen molar-refractivity contribution in [1.82, 2.24) is 4.90 Å². The third-order valence-corrected chi connectivity index (χ3v) is 3.34. The van der Waals surface area contributed by atoms with Crippen molar-refractivity contribution in [3.8, 4) is 0 Å². The van der Waals surface area contributed by atoms with Gasteiger partial charge in [-0.1, -0.05) is 26.0 Å². The van der Waals surface area contributed by atoms with Gasteiger partial charge in [0.25, 0.3) is 11.8 Å². The average molecular weight is 271 g/mol. The Morgan fingerprint density at radius 1 is 1.37 bits per heavy atom. The summed E-state index contributed by atoms with van der Waals surface area (Å²) < 4.78 is 40.2. The summed E-state index contributed by atoms with van der Waals surface area (Å²) in [4.78, 5) is 13.3. The molecule has 19 heavy (non-hydrogen) atoms. The quantitative estimate of drug-likeness (QED) is 0.807. The van der Waals surface area contributed by atoms with Gasteiger partial charge in [0, 0.05) is 13.0 Å². The van der Waals surface area contributed by atoms with Crippen LogP contribution in [0.2, 0.25) is 0 Å². The lowest BCUT2D eigenvalue weighted by Gasteiger charge is -2.20. The molecule has 1 aliphatic heterocycles. The Kier molecular flexibility index (Phi) is 3.56. The Balaban J connectivity index is 2.34. The predicted molar refractivity (Wildman–Crippen MR) is 66.0 cm³/mol. The van der Waals surface area contributed by atoms with E-state index in [4.69, 9.17) is 0 Å². The van der Waals surface area contributed by atoms with Crippen LogP contribution in [0.5, 0.6) is 0 Å². The lowest BCUT2D eigenvalue weighted by Crippen LogP contribution is -2.32. The molecule has 1 heterocycles. The third-order valence-electron chi connectivity index (χ3n) is 3.34. The summed E-state index contributed by atoms with van der Waals surface area (Å²) in [5.41, 5.74) is 0.482. The van der Waals surface area contributed by atoms with Crippen molar-refractivity contribution in [1.29, 1.82) is 0 Å². The van der Waals surface area contributed by atoms with Gasteiger partial charge in [0.15, 0.2) is 0 Å². The predicted octanol–water partition coefficient (Wildman–Crippen LogP) is 3.43. The van der Waals surface area contributed by atoms with Crippen LogP contribution in [0.4, 0.5) is 13.2 Å². The van der Waals surface area contributed by atoms with E-state index in [1.165, 1.54) is 12.1 Å². The van der Waals surface area contributed by atoms with Gasteiger partial charge in [-0.2, -0.15) is 0 Å². The topological polar surface area (TPSA) is 20.3 Å². The molecule has 0 unspecified atom stereocenters. The fourth-order valence-corrected chi connectivity index (χ4v) is 2.31. The highest BCUT2D eigenvalue weighted by Gasteiger charge is 2.41. The van der Waals surface area contributed by atoms with Gasteiger partial charge in [-0.3, -0.25) is 4.79 Å². The number of benzene rings is 1. The first kappa shape index (κ1) is 13.9. The highest BCUT2D eigenvalue weighted by Crippen LogP contribution is 2.30. The van der Waals surface area contributed by atoms with E-state index in [-0.39, 0.29) is 24.4 Å². The minimum Gasteiger partial charge on any atom is -0.332 e. The summed E-state index contributed by atoms with van der Waals surface area (Å²) in [5, 5.41) is 0. The Hall–Kier alpha value is -1.52. The number of amides is 1. The average Bonchev–Trinajstić information content (AvgIpc) is 2.68. The Bertz CT molecular complexity index is 499. The Morgan fingerprint density at radius 2 is 2.05 bits per heavy atom. The molecule has 2 nitrogen and oxygen atoms in total. The van der Waals surface area contributed by atoms with Crippen molar-refractivity contribution in [3.05, 3.63) is 35.1 Å². The Labute approximate surface area is 110 Å². The molecule has 5 heteroatoms. The SMILES string of the molecule is CC(C)c1cccc(F)c1C(=O)N1CCC(F)(F)C1. The zero-order chi connectivity index (χ0) is 14.2. The number of hydrogen-bond acceptors (Lipinski definition) is 1. The summed E-state index contributed by atoms with van der Waals surface area (Å²) in [7, 11) is 0. The molecule has 1 fully saturated rings. The lowest BCUT2D eigenvalue weighted by molar-refractivity contribution is 0.0119. The highest BCUT2D eigenvalue weighted by atomic mass is 19.3. The van der Waals surface area contributed by atoms with Crippen molar-refractivity contribution in [2.75, 3.05) is 13.1 Å². The van der Waals surface area contributed by atoms with Crippen molar-refractivity contribution in [3.63, 3.8) is 0 Å². The normalized spacial score (nSPS) is 18.1. The fraction of sp³-hybridized carbons (Fsp3) is 0.500. The molecule has 2 rings (SSSR count). The number of hydrogen-bond donors (Lipinski definition) is 0. The van der Waals surface area contributed by atoms with Crippen LogP contribution in [0.25, 0.3) is 0 Å². The van der Waals surface area contributed by atoms with Gasteiger partial charge in [0.2, 0.25) is 0 Å². The first-order valence-corrected chi connectivity index (χ1v) is 6.27. The molecule has 1 aliphatic rings. The van der Waals surface area contributed by atoms with Crippen LogP contribution in [0.1, 0.15) is 42.1 Å². The fourth-order valence-electron chi connectivity index (χ4n) is 2.31. The summed E-state index contributed by atoms with van der Waals surface area (Å²) in [5.74, 6) is -4.19. The van der Waals surface area contributed by atoms with Gasteiger partial charge in [-0.05, 0) is 17.5 Å².